The maximum absolute atomic E-state index is 6.60. The van der Waals surface area contributed by atoms with Crippen molar-refractivity contribution in [2.75, 3.05) is 9.80 Å². The molecule has 0 N–H and O–H groups in total. The van der Waals surface area contributed by atoms with E-state index in [0.29, 0.717) is 0 Å². The number of thiophene rings is 1. The van der Waals surface area contributed by atoms with Gasteiger partial charge in [0.2, 0.25) is 0 Å². The van der Waals surface area contributed by atoms with Gasteiger partial charge in [-0.2, -0.15) is 0 Å². The Kier molecular flexibility index (Phi) is 7.87. The molecule has 4 heteroatoms. The summed E-state index contributed by atoms with van der Waals surface area (Å²) >= 11 is 1.86. The molecule has 2 heterocycles. The lowest BCUT2D eigenvalue weighted by Gasteiger charge is -2.32. The lowest BCUT2D eigenvalue weighted by atomic mass is 9.82. The van der Waals surface area contributed by atoms with Crippen LogP contribution < -0.4 is 9.80 Å². The van der Waals surface area contributed by atoms with Crippen LogP contribution in [-0.4, -0.2) is 0 Å². The van der Waals surface area contributed by atoms with Gasteiger partial charge in [-0.05, 0) is 100 Å². The Balaban J connectivity index is 1.12. The fourth-order valence-electron chi connectivity index (χ4n) is 11.3. The average molecular weight is 841 g/mol. The molecule has 3 nitrogen and oxygen atoms in total. The maximum Gasteiger partial charge on any atom is 0.137 e. The summed E-state index contributed by atoms with van der Waals surface area (Å²) in [4.78, 5) is 5.04. The zero-order valence-corrected chi connectivity index (χ0v) is 37.0. The largest absolute Gasteiger partial charge is 0.456 e. The van der Waals surface area contributed by atoms with Crippen molar-refractivity contribution >= 4 is 87.6 Å². The van der Waals surface area contributed by atoms with E-state index in [9.17, 15) is 0 Å². The summed E-state index contributed by atoms with van der Waals surface area (Å²) < 4.78 is 9.16. The summed E-state index contributed by atoms with van der Waals surface area (Å²) in [6, 6.07) is 71.6. The standard InChI is InChI=1S/C60H44N2OS/c1-59(2)43-24-9-5-20-39(43)55-45(59)26-14-28-47(55)61(49-30-16-33-52-57(49)41-22-7-11-32-51(41)63-52)37-18-13-19-38(36-37)62(50-31-17-35-54-58(50)42-23-8-12-34-53(42)64-54)48-29-15-27-46-56(48)40-21-6-10-25-44(40)60(46,3)4/h5-36H,1-4H3. The number of hydrogen-bond donors (Lipinski definition) is 0. The number of fused-ring (bicyclic) bond motifs is 12. The predicted molar refractivity (Wildman–Crippen MR) is 271 cm³/mol. The van der Waals surface area contributed by atoms with Gasteiger partial charge >= 0.3 is 0 Å². The number of benzene rings is 9. The molecule has 0 bridgehead atoms. The van der Waals surface area contributed by atoms with Gasteiger partial charge in [-0.1, -0.05) is 155 Å². The van der Waals surface area contributed by atoms with Crippen LogP contribution in [0.5, 0.6) is 0 Å². The van der Waals surface area contributed by atoms with E-state index in [2.05, 4.69) is 232 Å². The summed E-state index contributed by atoms with van der Waals surface area (Å²) in [5, 5.41) is 4.73. The van der Waals surface area contributed by atoms with E-state index in [0.717, 1.165) is 50.4 Å². The Morgan fingerprint density at radius 2 is 0.828 bits per heavy atom. The third kappa shape index (κ3) is 5.15. The molecule has 0 saturated carbocycles. The molecule has 0 spiro atoms. The smallest absolute Gasteiger partial charge is 0.137 e. The lowest BCUT2D eigenvalue weighted by Crippen LogP contribution is -2.17. The van der Waals surface area contributed by atoms with Crippen LogP contribution in [0.4, 0.5) is 34.1 Å². The van der Waals surface area contributed by atoms with E-state index < -0.39 is 0 Å². The second-order valence-electron chi connectivity index (χ2n) is 18.4. The molecule has 2 aliphatic rings. The fourth-order valence-corrected chi connectivity index (χ4v) is 12.4. The first kappa shape index (κ1) is 37.2. The average Bonchev–Trinajstić information content (AvgIpc) is 4.03. The molecular weight excluding hydrogens is 797 g/mol. The van der Waals surface area contributed by atoms with E-state index in [1.54, 1.807) is 0 Å². The number of rotatable bonds is 6. The van der Waals surface area contributed by atoms with Crippen LogP contribution >= 0.6 is 11.3 Å². The Bertz CT molecular complexity index is 3480. The Morgan fingerprint density at radius 1 is 0.375 bits per heavy atom. The molecule has 64 heavy (non-hydrogen) atoms. The minimum atomic E-state index is -0.166. The summed E-state index contributed by atoms with van der Waals surface area (Å²) in [7, 11) is 0. The van der Waals surface area contributed by atoms with Gasteiger partial charge in [-0.15, -0.1) is 11.3 Å². The number of furan rings is 1. The second kappa shape index (κ2) is 13.6. The highest BCUT2D eigenvalue weighted by molar-refractivity contribution is 7.26. The molecule has 0 atom stereocenters. The van der Waals surface area contributed by atoms with Crippen molar-refractivity contribution in [2.45, 2.75) is 38.5 Å². The van der Waals surface area contributed by atoms with Crippen LogP contribution in [0.15, 0.2) is 199 Å². The SMILES string of the molecule is CC1(C)c2ccccc2-c2c(N(c3cccc(N(c4cccc5c4-c4ccccc4C5(C)C)c4cccc5sc6ccccc6c45)c3)c3cccc4oc5ccccc5c34)cccc21. The van der Waals surface area contributed by atoms with Gasteiger partial charge in [0.25, 0.3) is 0 Å². The van der Waals surface area contributed by atoms with Gasteiger partial charge in [-0.25, -0.2) is 0 Å². The number of anilines is 6. The van der Waals surface area contributed by atoms with Crippen LogP contribution in [0.1, 0.15) is 49.9 Å². The van der Waals surface area contributed by atoms with E-state index >= 15 is 0 Å². The molecule has 0 unspecified atom stereocenters. The number of nitrogens with zero attached hydrogens (tertiary/aromatic N) is 2. The fraction of sp³-hybridized carbons (Fsp3) is 0.100. The van der Waals surface area contributed by atoms with Gasteiger partial charge in [0.15, 0.2) is 0 Å². The van der Waals surface area contributed by atoms with Crippen molar-refractivity contribution in [3.05, 3.63) is 216 Å². The van der Waals surface area contributed by atoms with Crippen molar-refractivity contribution in [2.24, 2.45) is 0 Å². The topological polar surface area (TPSA) is 19.6 Å². The minimum Gasteiger partial charge on any atom is -0.456 e. The van der Waals surface area contributed by atoms with E-state index in [1.807, 2.05) is 11.3 Å². The van der Waals surface area contributed by atoms with E-state index in [4.69, 9.17) is 4.42 Å². The van der Waals surface area contributed by atoms with Gasteiger partial charge in [-0.3, -0.25) is 0 Å². The molecule has 9 aromatic carbocycles. The normalized spacial score (nSPS) is 14.2. The van der Waals surface area contributed by atoms with E-state index in [1.165, 1.54) is 70.4 Å². The van der Waals surface area contributed by atoms with Crippen molar-refractivity contribution in [3.63, 3.8) is 0 Å². The first-order chi connectivity index (χ1) is 31.3. The van der Waals surface area contributed by atoms with Gasteiger partial charge < -0.3 is 14.2 Å². The first-order valence-electron chi connectivity index (χ1n) is 22.3. The van der Waals surface area contributed by atoms with Gasteiger partial charge in [0, 0.05) is 58.9 Å². The second-order valence-corrected chi connectivity index (χ2v) is 19.5. The first-order valence-corrected chi connectivity index (χ1v) is 23.1. The Hall–Kier alpha value is -7.40. The van der Waals surface area contributed by atoms with Gasteiger partial charge in [0.1, 0.15) is 11.2 Å². The molecule has 306 valence electrons. The summed E-state index contributed by atoms with van der Waals surface area (Å²) in [6.07, 6.45) is 0. The highest BCUT2D eigenvalue weighted by atomic mass is 32.1. The maximum atomic E-state index is 6.60. The van der Waals surface area contributed by atoms with Crippen molar-refractivity contribution in [1.29, 1.82) is 0 Å². The van der Waals surface area contributed by atoms with Crippen molar-refractivity contribution in [3.8, 4) is 22.3 Å². The molecule has 13 rings (SSSR count). The van der Waals surface area contributed by atoms with Crippen LogP contribution in [0.25, 0.3) is 64.4 Å². The zero-order valence-electron chi connectivity index (χ0n) is 36.2. The highest BCUT2D eigenvalue weighted by Crippen LogP contribution is 2.58. The molecule has 0 amide bonds. The third-order valence-corrected chi connectivity index (χ3v) is 15.4. The van der Waals surface area contributed by atoms with Crippen LogP contribution in [0.2, 0.25) is 0 Å². The molecule has 0 fully saturated rings. The van der Waals surface area contributed by atoms with E-state index in [-0.39, 0.29) is 10.8 Å². The molecule has 0 radical (unpaired) electrons. The minimum absolute atomic E-state index is 0.156. The molecule has 0 saturated heterocycles. The van der Waals surface area contributed by atoms with Crippen molar-refractivity contribution in [1.82, 2.24) is 0 Å². The summed E-state index contributed by atoms with van der Waals surface area (Å²) in [5.41, 5.74) is 18.6. The predicted octanol–water partition coefficient (Wildman–Crippen LogP) is 17.5. The molecule has 11 aromatic rings. The monoisotopic (exact) mass is 840 g/mol. The Morgan fingerprint density at radius 3 is 1.48 bits per heavy atom. The van der Waals surface area contributed by atoms with Crippen LogP contribution in [0.3, 0.4) is 0 Å². The third-order valence-electron chi connectivity index (χ3n) is 14.2. The van der Waals surface area contributed by atoms with Crippen LogP contribution in [-0.2, 0) is 10.8 Å². The van der Waals surface area contributed by atoms with Gasteiger partial charge in [0.05, 0.1) is 28.1 Å². The lowest BCUT2D eigenvalue weighted by molar-refractivity contribution is 0.660. The molecule has 0 aliphatic heterocycles. The Labute approximate surface area is 377 Å². The molecular formula is C60H44N2OS. The zero-order chi connectivity index (χ0) is 42.9. The summed E-state index contributed by atoms with van der Waals surface area (Å²) in [6.45, 7) is 9.47. The highest BCUT2D eigenvalue weighted by Gasteiger charge is 2.40. The molecule has 2 aromatic heterocycles. The molecule has 2 aliphatic carbocycles. The number of hydrogen-bond acceptors (Lipinski definition) is 4. The summed E-state index contributed by atoms with van der Waals surface area (Å²) in [5.74, 6) is 0. The van der Waals surface area contributed by atoms with Crippen LogP contribution in [0, 0.1) is 0 Å². The van der Waals surface area contributed by atoms with Crippen molar-refractivity contribution < 1.29 is 4.42 Å². The quantitative estimate of drug-likeness (QED) is 0.166. The number of para-hydroxylation sites is 1.